The summed E-state index contributed by atoms with van der Waals surface area (Å²) in [6, 6.07) is 9.05. The Labute approximate surface area is 80.2 Å². The number of hydrogen-bond donors (Lipinski definition) is 1. The average Bonchev–Trinajstić information content (AvgIpc) is 2.14. The van der Waals surface area contributed by atoms with E-state index in [-0.39, 0.29) is 0 Å². The molecule has 0 aromatic heterocycles. The molecule has 0 spiro atoms. The molecule has 0 bridgehead atoms. The van der Waals surface area contributed by atoms with E-state index < -0.39 is 0 Å². The number of rotatable bonds is 2. The van der Waals surface area contributed by atoms with Crippen LogP contribution in [-0.2, 0) is 11.8 Å². The number of benzene rings is 1. The maximum absolute atomic E-state index is 3.33. The van der Waals surface area contributed by atoms with Crippen LogP contribution in [0.4, 0.5) is 0 Å². The van der Waals surface area contributed by atoms with E-state index in [1.165, 1.54) is 11.1 Å². The molecule has 1 heteroatoms. The lowest BCUT2D eigenvalue weighted by Gasteiger charge is -2.40. The van der Waals surface area contributed by atoms with Gasteiger partial charge in [0.15, 0.2) is 0 Å². The summed E-state index contributed by atoms with van der Waals surface area (Å²) in [5.74, 6) is 0. The second kappa shape index (κ2) is 3.15. The van der Waals surface area contributed by atoms with Gasteiger partial charge in [-0.05, 0) is 17.5 Å². The molecule has 13 heavy (non-hydrogen) atoms. The highest BCUT2D eigenvalue weighted by molar-refractivity contribution is 5.31. The summed E-state index contributed by atoms with van der Waals surface area (Å²) in [5.41, 5.74) is 3.30. The molecule has 2 rings (SSSR count). The molecule has 1 aromatic carbocycles. The van der Waals surface area contributed by atoms with Crippen LogP contribution in [0.25, 0.3) is 0 Å². The third kappa shape index (κ3) is 1.49. The average molecular weight is 175 g/mol. The van der Waals surface area contributed by atoms with E-state index in [1.54, 1.807) is 0 Å². The molecule has 1 aliphatic rings. The van der Waals surface area contributed by atoms with Crippen molar-refractivity contribution < 1.29 is 0 Å². The van der Waals surface area contributed by atoms with Gasteiger partial charge in [0, 0.05) is 18.5 Å². The largest absolute Gasteiger partial charge is 0.315 e. The van der Waals surface area contributed by atoms with Gasteiger partial charge >= 0.3 is 0 Å². The molecule has 1 N–H and O–H groups in total. The van der Waals surface area contributed by atoms with Crippen molar-refractivity contribution in [2.45, 2.75) is 25.7 Å². The van der Waals surface area contributed by atoms with Crippen LogP contribution in [0, 0.1) is 0 Å². The highest BCUT2D eigenvalue weighted by Gasteiger charge is 2.32. The van der Waals surface area contributed by atoms with Crippen molar-refractivity contribution in [3.8, 4) is 0 Å². The zero-order chi connectivity index (χ0) is 9.31. The second-order valence-corrected chi connectivity index (χ2v) is 4.21. The SMILES string of the molecule is CCc1ccc(C2(C)CNC2)cc1. The maximum atomic E-state index is 3.33. The van der Waals surface area contributed by atoms with Crippen molar-refractivity contribution in [2.24, 2.45) is 0 Å². The van der Waals surface area contributed by atoms with Crippen molar-refractivity contribution >= 4 is 0 Å². The van der Waals surface area contributed by atoms with Crippen LogP contribution in [0.1, 0.15) is 25.0 Å². The van der Waals surface area contributed by atoms with E-state index in [4.69, 9.17) is 0 Å². The van der Waals surface area contributed by atoms with E-state index in [0.29, 0.717) is 5.41 Å². The predicted molar refractivity (Wildman–Crippen MR) is 56.0 cm³/mol. The first-order valence-electron chi connectivity index (χ1n) is 5.05. The Kier molecular flexibility index (Phi) is 2.12. The summed E-state index contributed by atoms with van der Waals surface area (Å²) in [5, 5.41) is 3.33. The Morgan fingerprint density at radius 3 is 2.23 bits per heavy atom. The van der Waals surface area contributed by atoms with Gasteiger partial charge in [-0.1, -0.05) is 38.1 Å². The fourth-order valence-electron chi connectivity index (χ4n) is 1.85. The lowest BCUT2D eigenvalue weighted by Crippen LogP contribution is -2.54. The Balaban J connectivity index is 2.22. The van der Waals surface area contributed by atoms with Crippen molar-refractivity contribution in [3.63, 3.8) is 0 Å². The van der Waals surface area contributed by atoms with Crippen LogP contribution in [-0.4, -0.2) is 13.1 Å². The molecule has 70 valence electrons. The molecule has 0 aliphatic carbocycles. The lowest BCUT2D eigenvalue weighted by molar-refractivity contribution is 0.305. The van der Waals surface area contributed by atoms with Crippen LogP contribution >= 0.6 is 0 Å². The topological polar surface area (TPSA) is 12.0 Å². The Morgan fingerprint density at radius 2 is 1.85 bits per heavy atom. The highest BCUT2D eigenvalue weighted by atomic mass is 15.0. The maximum Gasteiger partial charge on any atom is 0.0174 e. The van der Waals surface area contributed by atoms with Crippen LogP contribution < -0.4 is 5.32 Å². The van der Waals surface area contributed by atoms with Crippen LogP contribution in [0.3, 0.4) is 0 Å². The molecule has 1 aromatic rings. The van der Waals surface area contributed by atoms with E-state index in [1.807, 2.05) is 0 Å². The van der Waals surface area contributed by atoms with Gasteiger partial charge in [-0.2, -0.15) is 0 Å². The quantitative estimate of drug-likeness (QED) is 0.726. The van der Waals surface area contributed by atoms with Gasteiger partial charge in [-0.25, -0.2) is 0 Å². The smallest absolute Gasteiger partial charge is 0.0174 e. The first-order chi connectivity index (χ1) is 6.24. The van der Waals surface area contributed by atoms with Crippen molar-refractivity contribution in [3.05, 3.63) is 35.4 Å². The van der Waals surface area contributed by atoms with Gasteiger partial charge in [0.25, 0.3) is 0 Å². The van der Waals surface area contributed by atoms with Gasteiger partial charge in [0.05, 0.1) is 0 Å². The van der Waals surface area contributed by atoms with Gasteiger partial charge in [-0.3, -0.25) is 0 Å². The number of hydrogen-bond acceptors (Lipinski definition) is 1. The van der Waals surface area contributed by atoms with Gasteiger partial charge in [0.1, 0.15) is 0 Å². The normalized spacial score (nSPS) is 19.5. The highest BCUT2D eigenvalue weighted by Crippen LogP contribution is 2.27. The van der Waals surface area contributed by atoms with Crippen LogP contribution in [0.2, 0.25) is 0 Å². The first kappa shape index (κ1) is 8.76. The molecule has 1 fully saturated rings. The van der Waals surface area contributed by atoms with E-state index >= 15 is 0 Å². The molecule has 1 saturated heterocycles. The van der Waals surface area contributed by atoms with Crippen LogP contribution in [0.5, 0.6) is 0 Å². The predicted octanol–water partition coefficient (Wildman–Crippen LogP) is 2.11. The summed E-state index contributed by atoms with van der Waals surface area (Å²) in [6.45, 7) is 6.77. The van der Waals surface area contributed by atoms with E-state index in [2.05, 4.69) is 43.4 Å². The third-order valence-electron chi connectivity index (χ3n) is 3.09. The Morgan fingerprint density at radius 1 is 1.23 bits per heavy atom. The summed E-state index contributed by atoms with van der Waals surface area (Å²) in [6.07, 6.45) is 1.13. The molecule has 1 heterocycles. The lowest BCUT2D eigenvalue weighted by atomic mass is 9.77. The van der Waals surface area contributed by atoms with Gasteiger partial charge < -0.3 is 5.32 Å². The zero-order valence-corrected chi connectivity index (χ0v) is 8.43. The first-order valence-corrected chi connectivity index (χ1v) is 5.05. The molecule has 0 atom stereocenters. The van der Waals surface area contributed by atoms with Gasteiger partial charge in [-0.15, -0.1) is 0 Å². The molecule has 0 unspecified atom stereocenters. The van der Waals surface area contributed by atoms with E-state index in [9.17, 15) is 0 Å². The Hall–Kier alpha value is -0.820. The fraction of sp³-hybridized carbons (Fsp3) is 0.500. The number of nitrogens with one attached hydrogen (secondary N) is 1. The van der Waals surface area contributed by atoms with Crippen molar-refractivity contribution in [2.75, 3.05) is 13.1 Å². The Bertz CT molecular complexity index is 282. The van der Waals surface area contributed by atoms with Gasteiger partial charge in [0.2, 0.25) is 0 Å². The summed E-state index contributed by atoms with van der Waals surface area (Å²) in [4.78, 5) is 0. The zero-order valence-electron chi connectivity index (χ0n) is 8.43. The van der Waals surface area contributed by atoms with Crippen molar-refractivity contribution in [1.29, 1.82) is 0 Å². The van der Waals surface area contributed by atoms with E-state index in [0.717, 1.165) is 19.5 Å². The minimum atomic E-state index is 0.395. The van der Waals surface area contributed by atoms with Crippen molar-refractivity contribution in [1.82, 2.24) is 5.32 Å². The fourth-order valence-corrected chi connectivity index (χ4v) is 1.85. The molecule has 0 radical (unpaired) electrons. The monoisotopic (exact) mass is 175 g/mol. The molecule has 0 saturated carbocycles. The summed E-state index contributed by atoms with van der Waals surface area (Å²) in [7, 11) is 0. The van der Waals surface area contributed by atoms with Crippen LogP contribution in [0.15, 0.2) is 24.3 Å². The number of aryl methyl sites for hydroxylation is 1. The molecular weight excluding hydrogens is 158 g/mol. The molecule has 0 amide bonds. The second-order valence-electron chi connectivity index (χ2n) is 4.21. The third-order valence-corrected chi connectivity index (χ3v) is 3.09. The standard InChI is InChI=1S/C12H17N/c1-3-10-4-6-11(7-5-10)12(2)8-13-9-12/h4-7,13H,3,8-9H2,1-2H3. The molecule has 1 nitrogen and oxygen atoms in total. The molecule has 1 aliphatic heterocycles. The summed E-state index contributed by atoms with van der Waals surface area (Å²) >= 11 is 0. The summed E-state index contributed by atoms with van der Waals surface area (Å²) < 4.78 is 0. The minimum Gasteiger partial charge on any atom is -0.315 e. The minimum absolute atomic E-state index is 0.395. The molecular formula is C12H17N.